The first kappa shape index (κ1) is 25.2. The van der Waals surface area contributed by atoms with Crippen LogP contribution in [0.5, 0.6) is 0 Å². The Morgan fingerprint density at radius 1 is 1.03 bits per heavy atom. The highest BCUT2D eigenvalue weighted by molar-refractivity contribution is 7.96. The highest BCUT2D eigenvalue weighted by atomic mass is 32.2. The van der Waals surface area contributed by atoms with E-state index in [4.69, 9.17) is 9.47 Å². The Hall–Kier alpha value is -0.930. The van der Waals surface area contributed by atoms with Crippen LogP contribution in [0.25, 0.3) is 0 Å². The molecule has 0 heterocycles. The number of esters is 2. The van der Waals surface area contributed by atoms with Crippen molar-refractivity contribution in [2.75, 3.05) is 6.61 Å². The summed E-state index contributed by atoms with van der Waals surface area (Å²) in [5.41, 5.74) is -0.791. The number of carbonyl (C=O) groups is 2. The first-order valence-electron chi connectivity index (χ1n) is 12.1. The van der Waals surface area contributed by atoms with Crippen LogP contribution in [0.4, 0.5) is 8.78 Å². The molecule has 2 unspecified atom stereocenters. The molecule has 6 nitrogen and oxygen atoms in total. The molecule has 33 heavy (non-hydrogen) atoms. The molecule has 5 saturated carbocycles. The quantitative estimate of drug-likeness (QED) is 0.220. The molecule has 188 valence electrons. The van der Waals surface area contributed by atoms with Gasteiger partial charge in [0.15, 0.2) is 0 Å². The molecular weight excluding hydrogens is 454 g/mol. The number of carbonyl (C=O) groups excluding carboxylic acids is 2. The molecule has 5 rings (SSSR count). The summed E-state index contributed by atoms with van der Waals surface area (Å²) >= 11 is -0.749. The van der Waals surface area contributed by atoms with Crippen LogP contribution >= 0.6 is 12.0 Å². The maximum atomic E-state index is 13.6. The van der Waals surface area contributed by atoms with Gasteiger partial charge in [-0.1, -0.05) is 20.8 Å². The van der Waals surface area contributed by atoms with Crippen LogP contribution in [0.2, 0.25) is 0 Å². The van der Waals surface area contributed by atoms with Gasteiger partial charge in [0.25, 0.3) is 0 Å². The molecule has 0 aromatic heterocycles. The molecule has 4 bridgehead atoms. The van der Waals surface area contributed by atoms with Gasteiger partial charge in [0.05, 0.1) is 24.6 Å². The van der Waals surface area contributed by atoms with E-state index in [0.29, 0.717) is 24.2 Å². The van der Waals surface area contributed by atoms with E-state index in [0.717, 1.165) is 57.8 Å². The van der Waals surface area contributed by atoms with Gasteiger partial charge in [-0.05, 0) is 87.4 Å². The monoisotopic (exact) mass is 489 g/mol. The second kappa shape index (κ2) is 8.94. The van der Waals surface area contributed by atoms with Crippen LogP contribution in [-0.2, 0) is 23.4 Å². The average molecular weight is 490 g/mol. The lowest BCUT2D eigenvalue weighted by molar-refractivity contribution is -0.630. The number of halogens is 2. The largest absolute Gasteiger partial charge is 0.710 e. The Labute approximate surface area is 198 Å². The summed E-state index contributed by atoms with van der Waals surface area (Å²) in [4.78, 5) is 25.0. The molecular formula is C24H35F2O6S-. The molecule has 9 heteroatoms. The maximum absolute atomic E-state index is 13.6. The van der Waals surface area contributed by atoms with Crippen LogP contribution in [0, 0.1) is 34.5 Å². The van der Waals surface area contributed by atoms with E-state index in [1.165, 1.54) is 0 Å². The van der Waals surface area contributed by atoms with Crippen molar-refractivity contribution in [3.05, 3.63) is 0 Å². The number of hydrogen-bond acceptors (Lipinski definition) is 7. The fourth-order valence-corrected chi connectivity index (χ4v) is 7.74. The van der Waals surface area contributed by atoms with Gasteiger partial charge in [0, 0.05) is 5.41 Å². The summed E-state index contributed by atoms with van der Waals surface area (Å²) in [6.45, 7) is 6.60. The minimum Gasteiger partial charge on any atom is -0.710 e. The first-order valence-corrected chi connectivity index (χ1v) is 12.9. The summed E-state index contributed by atoms with van der Waals surface area (Å²) in [7, 11) is 0. The lowest BCUT2D eigenvalue weighted by Crippen LogP contribution is -2.59. The SMILES string of the molecule is CC(C)(C)C1CCC(C(=O)OC23CC4CC(CC(COC(=O)C(F)(F)SO[O-])(C4)C2)C3)CC1. The topological polar surface area (TPSA) is 84.9 Å². The van der Waals surface area contributed by atoms with Crippen molar-refractivity contribution < 1.29 is 37.4 Å². The molecule has 5 aliphatic carbocycles. The lowest BCUT2D eigenvalue weighted by atomic mass is 9.48. The Bertz CT molecular complexity index is 745. The Balaban J connectivity index is 1.39. The summed E-state index contributed by atoms with van der Waals surface area (Å²) in [5.74, 6) is -0.660. The molecule has 5 fully saturated rings. The van der Waals surface area contributed by atoms with Crippen molar-refractivity contribution in [2.45, 2.75) is 95.8 Å². The molecule has 0 aromatic carbocycles. The Morgan fingerprint density at radius 3 is 2.18 bits per heavy atom. The van der Waals surface area contributed by atoms with Crippen molar-refractivity contribution in [1.82, 2.24) is 0 Å². The van der Waals surface area contributed by atoms with Gasteiger partial charge in [-0.15, -0.1) is 0 Å². The maximum Gasteiger partial charge on any atom is 0.412 e. The molecule has 0 aromatic rings. The molecule has 2 atom stereocenters. The Morgan fingerprint density at radius 2 is 1.64 bits per heavy atom. The minimum atomic E-state index is -4.04. The van der Waals surface area contributed by atoms with Gasteiger partial charge in [0.2, 0.25) is 0 Å². The number of hydrogen-bond donors (Lipinski definition) is 0. The van der Waals surface area contributed by atoms with E-state index in [1.54, 1.807) is 0 Å². The minimum absolute atomic E-state index is 0.0757. The van der Waals surface area contributed by atoms with E-state index in [2.05, 4.69) is 25.1 Å². The summed E-state index contributed by atoms with van der Waals surface area (Å²) in [5, 5.41) is 6.00. The number of rotatable bonds is 7. The van der Waals surface area contributed by atoms with Gasteiger partial charge in [-0.25, -0.2) is 4.79 Å². The molecule has 0 spiro atoms. The third-order valence-corrected chi connectivity index (χ3v) is 9.06. The van der Waals surface area contributed by atoms with Gasteiger partial charge < -0.3 is 19.1 Å². The molecule has 0 aliphatic heterocycles. The van der Waals surface area contributed by atoms with Crippen LogP contribution in [0.15, 0.2) is 0 Å². The predicted octanol–water partition coefficient (Wildman–Crippen LogP) is 4.80. The fraction of sp³-hybridized carbons (Fsp3) is 0.917. The normalized spacial score (nSPS) is 38.2. The molecule has 0 saturated heterocycles. The van der Waals surface area contributed by atoms with Crippen LogP contribution in [0.1, 0.15) is 85.0 Å². The zero-order chi connectivity index (χ0) is 24.1. The molecule has 0 N–H and O–H groups in total. The van der Waals surface area contributed by atoms with Gasteiger partial charge in [0.1, 0.15) is 5.60 Å². The smallest absolute Gasteiger partial charge is 0.412 e. The predicted molar refractivity (Wildman–Crippen MR) is 115 cm³/mol. The van der Waals surface area contributed by atoms with Crippen LogP contribution in [-0.4, -0.2) is 29.4 Å². The standard InChI is InChI=1S/C24H36F2O6S/c1-21(2,3)18-6-4-17(5-7-18)19(27)31-23-11-15-8-16(12-23)10-22(9-15,13-23)14-30-20(28)24(25,26)33-32-29/h15-18,29H,4-14H2,1-3H3/p-1. The lowest BCUT2D eigenvalue weighted by Gasteiger charge is -2.61. The highest BCUT2D eigenvalue weighted by Gasteiger charge is 2.60. The van der Waals surface area contributed by atoms with E-state index in [9.17, 15) is 23.6 Å². The average Bonchev–Trinajstić information content (AvgIpc) is 2.70. The van der Waals surface area contributed by atoms with Crippen molar-refractivity contribution in [3.63, 3.8) is 0 Å². The van der Waals surface area contributed by atoms with E-state index >= 15 is 0 Å². The molecule has 5 aliphatic rings. The first-order chi connectivity index (χ1) is 15.4. The zero-order valence-electron chi connectivity index (χ0n) is 19.7. The Kier molecular flexibility index (Phi) is 6.82. The second-order valence-electron chi connectivity index (χ2n) is 12.2. The van der Waals surface area contributed by atoms with Crippen molar-refractivity contribution in [1.29, 1.82) is 0 Å². The van der Waals surface area contributed by atoms with Crippen molar-refractivity contribution in [2.24, 2.45) is 34.5 Å². The van der Waals surface area contributed by atoms with Crippen molar-refractivity contribution in [3.8, 4) is 0 Å². The third-order valence-electron chi connectivity index (χ3n) is 8.62. The number of ether oxygens (including phenoxy) is 2. The van der Waals surface area contributed by atoms with Gasteiger partial charge in [-0.2, -0.15) is 8.78 Å². The summed E-state index contributed by atoms with van der Waals surface area (Å²) in [6.07, 6.45) is 8.51. The molecule has 0 amide bonds. The van der Waals surface area contributed by atoms with E-state index < -0.39 is 34.3 Å². The van der Waals surface area contributed by atoms with Crippen molar-refractivity contribution >= 4 is 24.0 Å². The van der Waals surface area contributed by atoms with Gasteiger partial charge >= 0.3 is 17.2 Å². The van der Waals surface area contributed by atoms with Gasteiger partial charge in [-0.3, -0.25) is 4.79 Å². The summed E-state index contributed by atoms with van der Waals surface area (Å²) < 4.78 is 41.6. The van der Waals surface area contributed by atoms with Crippen LogP contribution < -0.4 is 5.26 Å². The molecule has 0 radical (unpaired) electrons. The highest BCUT2D eigenvalue weighted by Crippen LogP contribution is 2.63. The van der Waals surface area contributed by atoms with E-state index in [-0.39, 0.29) is 23.9 Å². The second-order valence-corrected chi connectivity index (χ2v) is 13.0. The number of alkyl halides is 2. The van der Waals surface area contributed by atoms with Crippen LogP contribution in [0.3, 0.4) is 0 Å². The summed E-state index contributed by atoms with van der Waals surface area (Å²) in [6, 6.07) is 0. The third kappa shape index (κ3) is 5.35. The fourth-order valence-electron chi connectivity index (χ4n) is 7.52. The zero-order valence-corrected chi connectivity index (χ0v) is 20.5. The van der Waals surface area contributed by atoms with E-state index in [1.807, 2.05) is 0 Å².